The Bertz CT molecular complexity index is 624. The van der Waals surface area contributed by atoms with Crippen LogP contribution in [0.15, 0.2) is 30.0 Å². The molecule has 6 nitrogen and oxygen atoms in total. The van der Waals surface area contributed by atoms with E-state index in [1.165, 1.54) is 12.1 Å². The summed E-state index contributed by atoms with van der Waals surface area (Å²) < 4.78 is 0. The highest BCUT2D eigenvalue weighted by Crippen LogP contribution is 2.25. The SMILES string of the molecule is N#C/C(=C/NCCC(=O)O)C(=O)Nc1ccc(Cl)c(Cl)c1. The molecule has 1 rings (SSSR count). The van der Waals surface area contributed by atoms with Crippen LogP contribution in [0, 0.1) is 11.3 Å². The Hall–Kier alpha value is -2.23. The van der Waals surface area contributed by atoms with Gasteiger partial charge in [0.05, 0.1) is 16.5 Å². The van der Waals surface area contributed by atoms with Crippen molar-refractivity contribution in [3.05, 3.63) is 40.0 Å². The maximum Gasteiger partial charge on any atom is 0.305 e. The maximum atomic E-state index is 11.8. The average Bonchev–Trinajstić information content (AvgIpc) is 2.42. The van der Waals surface area contributed by atoms with E-state index in [2.05, 4.69) is 10.6 Å². The van der Waals surface area contributed by atoms with Gasteiger partial charge in [-0.2, -0.15) is 5.26 Å². The first-order chi connectivity index (χ1) is 9.93. The van der Waals surface area contributed by atoms with Gasteiger partial charge in [-0.1, -0.05) is 23.2 Å². The number of nitrogens with zero attached hydrogens (tertiary/aromatic N) is 1. The van der Waals surface area contributed by atoms with Gasteiger partial charge in [0.1, 0.15) is 11.6 Å². The van der Waals surface area contributed by atoms with Gasteiger partial charge in [0, 0.05) is 18.4 Å². The third-order valence-electron chi connectivity index (χ3n) is 2.27. The minimum Gasteiger partial charge on any atom is -0.481 e. The molecule has 1 aromatic carbocycles. The van der Waals surface area contributed by atoms with E-state index in [1.54, 1.807) is 12.1 Å². The number of carboxylic acids is 1. The molecule has 1 aromatic rings. The number of carbonyl (C=O) groups excluding carboxylic acids is 1. The number of carboxylic acid groups (broad SMARTS) is 1. The van der Waals surface area contributed by atoms with E-state index in [1.807, 2.05) is 0 Å². The van der Waals surface area contributed by atoms with Crippen LogP contribution in [-0.4, -0.2) is 23.5 Å². The summed E-state index contributed by atoms with van der Waals surface area (Å²) in [6.45, 7) is 0.112. The number of amides is 1. The number of aliphatic carboxylic acids is 1. The fraction of sp³-hybridized carbons (Fsp3) is 0.154. The molecule has 0 spiro atoms. The van der Waals surface area contributed by atoms with Gasteiger partial charge in [-0.05, 0) is 18.2 Å². The van der Waals surface area contributed by atoms with Crippen molar-refractivity contribution in [2.45, 2.75) is 6.42 Å². The van der Waals surface area contributed by atoms with Crippen molar-refractivity contribution in [2.24, 2.45) is 0 Å². The Morgan fingerprint density at radius 2 is 2.05 bits per heavy atom. The highest BCUT2D eigenvalue weighted by Gasteiger charge is 2.10. The number of carbonyl (C=O) groups is 2. The largest absolute Gasteiger partial charge is 0.481 e. The molecule has 0 radical (unpaired) electrons. The van der Waals surface area contributed by atoms with Gasteiger partial charge in [-0.25, -0.2) is 0 Å². The van der Waals surface area contributed by atoms with E-state index in [-0.39, 0.29) is 23.6 Å². The molecular weight excluding hydrogens is 317 g/mol. The zero-order chi connectivity index (χ0) is 15.8. The predicted octanol–water partition coefficient (Wildman–Crippen LogP) is 2.40. The van der Waals surface area contributed by atoms with Crippen LogP contribution < -0.4 is 10.6 Å². The second-order valence-electron chi connectivity index (χ2n) is 3.85. The lowest BCUT2D eigenvalue weighted by atomic mass is 10.2. The summed E-state index contributed by atoms with van der Waals surface area (Å²) in [5.41, 5.74) is 0.201. The van der Waals surface area contributed by atoms with Gasteiger partial charge in [-0.15, -0.1) is 0 Å². The summed E-state index contributed by atoms with van der Waals surface area (Å²) in [6, 6.07) is 6.22. The monoisotopic (exact) mass is 327 g/mol. The smallest absolute Gasteiger partial charge is 0.305 e. The Morgan fingerprint density at radius 1 is 1.33 bits per heavy atom. The van der Waals surface area contributed by atoms with Crippen molar-refractivity contribution in [3.63, 3.8) is 0 Å². The summed E-state index contributed by atoms with van der Waals surface area (Å²) in [7, 11) is 0. The van der Waals surface area contributed by atoms with Crippen LogP contribution >= 0.6 is 23.2 Å². The molecule has 0 saturated carbocycles. The average molecular weight is 328 g/mol. The van der Waals surface area contributed by atoms with Crippen molar-refractivity contribution in [3.8, 4) is 6.07 Å². The van der Waals surface area contributed by atoms with E-state index < -0.39 is 11.9 Å². The van der Waals surface area contributed by atoms with Gasteiger partial charge >= 0.3 is 5.97 Å². The van der Waals surface area contributed by atoms with E-state index in [0.717, 1.165) is 6.20 Å². The summed E-state index contributed by atoms with van der Waals surface area (Å²) in [4.78, 5) is 22.2. The number of hydrogen-bond donors (Lipinski definition) is 3. The van der Waals surface area contributed by atoms with Gasteiger partial charge in [0.2, 0.25) is 0 Å². The van der Waals surface area contributed by atoms with Crippen LogP contribution in [0.5, 0.6) is 0 Å². The quantitative estimate of drug-likeness (QED) is 0.423. The minimum absolute atomic E-state index is 0.112. The van der Waals surface area contributed by atoms with Crippen LogP contribution in [-0.2, 0) is 9.59 Å². The molecule has 0 heterocycles. The van der Waals surface area contributed by atoms with Gasteiger partial charge in [-0.3, -0.25) is 9.59 Å². The topological polar surface area (TPSA) is 102 Å². The summed E-state index contributed by atoms with van der Waals surface area (Å²) in [5.74, 6) is -1.62. The molecule has 8 heteroatoms. The molecule has 21 heavy (non-hydrogen) atoms. The van der Waals surface area contributed by atoms with E-state index in [0.29, 0.717) is 10.7 Å². The number of hydrogen-bond acceptors (Lipinski definition) is 4. The minimum atomic E-state index is -0.977. The van der Waals surface area contributed by atoms with Crippen LogP contribution in [0.4, 0.5) is 5.69 Å². The van der Waals surface area contributed by atoms with Crippen molar-refractivity contribution in [1.29, 1.82) is 5.26 Å². The van der Waals surface area contributed by atoms with Crippen LogP contribution in [0.1, 0.15) is 6.42 Å². The molecule has 110 valence electrons. The van der Waals surface area contributed by atoms with Gasteiger partial charge in [0.15, 0.2) is 0 Å². The molecule has 0 aliphatic carbocycles. The summed E-state index contributed by atoms with van der Waals surface area (Å²) in [6.07, 6.45) is 1.04. The third-order valence-corrected chi connectivity index (χ3v) is 3.01. The molecule has 0 unspecified atom stereocenters. The van der Waals surface area contributed by atoms with Crippen LogP contribution in [0.2, 0.25) is 10.0 Å². The van der Waals surface area contributed by atoms with Crippen molar-refractivity contribution < 1.29 is 14.7 Å². The lowest BCUT2D eigenvalue weighted by Crippen LogP contribution is -2.18. The second-order valence-corrected chi connectivity index (χ2v) is 4.67. The van der Waals surface area contributed by atoms with Crippen LogP contribution in [0.25, 0.3) is 0 Å². The number of anilines is 1. The normalized spacial score (nSPS) is 10.6. The molecule has 0 saturated heterocycles. The van der Waals surface area contributed by atoms with Crippen molar-refractivity contribution in [2.75, 3.05) is 11.9 Å². The number of benzene rings is 1. The fourth-order valence-electron chi connectivity index (χ4n) is 1.27. The standard InChI is InChI=1S/C13H11Cl2N3O3/c14-10-2-1-9(5-11(10)15)18-13(21)8(6-16)7-17-4-3-12(19)20/h1-2,5,7,17H,3-4H2,(H,18,21)(H,19,20)/b8-7-. The zero-order valence-corrected chi connectivity index (χ0v) is 12.2. The Balaban J connectivity index is 2.66. The van der Waals surface area contributed by atoms with Gasteiger partial charge < -0.3 is 15.7 Å². The lowest BCUT2D eigenvalue weighted by Gasteiger charge is -2.06. The summed E-state index contributed by atoms with van der Waals surface area (Å²) >= 11 is 11.6. The Labute approximate surface area is 131 Å². The van der Waals surface area contributed by atoms with Crippen molar-refractivity contribution >= 4 is 40.8 Å². The first kappa shape index (κ1) is 16.8. The Kier molecular flexibility index (Phi) is 6.53. The molecule has 0 atom stereocenters. The lowest BCUT2D eigenvalue weighted by molar-refractivity contribution is -0.136. The van der Waals surface area contributed by atoms with E-state index >= 15 is 0 Å². The highest BCUT2D eigenvalue weighted by atomic mass is 35.5. The van der Waals surface area contributed by atoms with Crippen LogP contribution in [0.3, 0.4) is 0 Å². The predicted molar refractivity (Wildman–Crippen MR) is 79.0 cm³/mol. The molecule has 0 aromatic heterocycles. The number of nitriles is 1. The fourth-order valence-corrected chi connectivity index (χ4v) is 1.57. The Morgan fingerprint density at radius 3 is 2.62 bits per heavy atom. The first-order valence-electron chi connectivity index (χ1n) is 5.76. The first-order valence-corrected chi connectivity index (χ1v) is 6.51. The summed E-state index contributed by atoms with van der Waals surface area (Å²) in [5, 5.41) is 23.0. The molecule has 3 N–H and O–H groups in total. The molecule has 0 fully saturated rings. The molecule has 1 amide bonds. The molecule has 0 bridgehead atoms. The van der Waals surface area contributed by atoms with Gasteiger partial charge in [0.25, 0.3) is 5.91 Å². The second kappa shape index (κ2) is 8.15. The van der Waals surface area contributed by atoms with E-state index in [9.17, 15) is 9.59 Å². The number of halogens is 2. The molecule has 0 aliphatic heterocycles. The molecule has 0 aliphatic rings. The highest BCUT2D eigenvalue weighted by molar-refractivity contribution is 6.42. The van der Waals surface area contributed by atoms with E-state index in [4.69, 9.17) is 33.6 Å². The number of nitrogens with one attached hydrogen (secondary N) is 2. The molecular formula is C13H11Cl2N3O3. The third kappa shape index (κ3) is 5.73. The zero-order valence-electron chi connectivity index (χ0n) is 10.7. The van der Waals surface area contributed by atoms with Crippen molar-refractivity contribution in [1.82, 2.24) is 5.32 Å². The number of rotatable bonds is 6. The maximum absolute atomic E-state index is 11.8.